The summed E-state index contributed by atoms with van der Waals surface area (Å²) >= 11 is 6.29. The van der Waals surface area contributed by atoms with Gasteiger partial charge in [0.15, 0.2) is 16.1 Å². The van der Waals surface area contributed by atoms with Gasteiger partial charge in [0.05, 0.1) is 26.9 Å². The summed E-state index contributed by atoms with van der Waals surface area (Å²) in [7, 11) is -4.28. The number of alkyl halides is 3. The van der Waals surface area contributed by atoms with Crippen LogP contribution in [0.5, 0.6) is 0 Å². The minimum absolute atomic E-state index is 0.142. The number of nitriles is 1. The summed E-state index contributed by atoms with van der Waals surface area (Å²) in [6.45, 7) is -0.627. The maximum Gasteiger partial charge on any atom is 0.410 e. The molecule has 3 fully saturated rings. The van der Waals surface area contributed by atoms with Gasteiger partial charge in [0.25, 0.3) is 0 Å². The van der Waals surface area contributed by atoms with Gasteiger partial charge in [-0.05, 0) is 49.9 Å². The zero-order valence-electron chi connectivity index (χ0n) is 19.6. The van der Waals surface area contributed by atoms with E-state index in [4.69, 9.17) is 16.3 Å². The first kappa shape index (κ1) is 26.3. The smallest absolute Gasteiger partial charge is 0.410 e. The molecule has 2 heterocycles. The molecular weight excluding hydrogens is 551 g/mol. The summed E-state index contributed by atoms with van der Waals surface area (Å²) in [5.41, 5.74) is -3.30. The Bertz CT molecular complexity index is 1430. The molecule has 202 valence electrons. The summed E-state index contributed by atoms with van der Waals surface area (Å²) in [5.74, 6) is -1.35. The molecule has 2 aliphatic carbocycles. The van der Waals surface area contributed by atoms with E-state index in [1.54, 1.807) is 12.3 Å². The van der Waals surface area contributed by atoms with Crippen molar-refractivity contribution in [3.8, 4) is 11.8 Å². The molecule has 5 rings (SSSR count). The Kier molecular flexibility index (Phi) is 6.14. The van der Waals surface area contributed by atoms with Crippen molar-refractivity contribution in [3.63, 3.8) is 0 Å². The standard InChI is InChI=1S/C23H21ClF3N5O5S/c24-16-10-14(32-9-1-8-29-32)2-3-17(16)38(35,36)15-11-18(37-20(34)30-21(13-28)4-5-21)31(12-15)19(33)22(6-7-22)23(25,26)27/h1-3,8-10,15,18H,4-7,11-12H2,(H,30,34)/t15-,18+/m1/s1. The van der Waals surface area contributed by atoms with Gasteiger partial charge in [-0.2, -0.15) is 23.5 Å². The molecule has 3 aliphatic rings. The van der Waals surface area contributed by atoms with Crippen molar-refractivity contribution in [2.75, 3.05) is 6.54 Å². The van der Waals surface area contributed by atoms with Crippen LogP contribution in [0.2, 0.25) is 5.02 Å². The van der Waals surface area contributed by atoms with E-state index < -0.39 is 76.3 Å². The van der Waals surface area contributed by atoms with E-state index in [0.717, 1.165) is 0 Å². The molecule has 1 N–H and O–H groups in total. The second-order valence-electron chi connectivity index (χ2n) is 9.68. The predicted molar refractivity (Wildman–Crippen MR) is 125 cm³/mol. The molecule has 0 unspecified atom stereocenters. The third kappa shape index (κ3) is 4.47. The summed E-state index contributed by atoms with van der Waals surface area (Å²) in [6.07, 6.45) is -5.03. The van der Waals surface area contributed by atoms with Crippen LogP contribution in [-0.4, -0.2) is 64.8 Å². The van der Waals surface area contributed by atoms with Crippen LogP contribution >= 0.6 is 11.6 Å². The second kappa shape index (κ2) is 8.88. The molecule has 0 spiro atoms. The quantitative estimate of drug-likeness (QED) is 0.562. The van der Waals surface area contributed by atoms with Crippen LogP contribution in [-0.2, 0) is 19.4 Å². The van der Waals surface area contributed by atoms with Gasteiger partial charge in [-0.1, -0.05) is 11.6 Å². The van der Waals surface area contributed by atoms with Crippen LogP contribution in [0, 0.1) is 16.7 Å². The highest BCUT2D eigenvalue weighted by Crippen LogP contribution is 2.59. The van der Waals surface area contributed by atoms with Crippen molar-refractivity contribution in [1.29, 1.82) is 5.26 Å². The normalized spacial score (nSPS) is 23.4. The summed E-state index contributed by atoms with van der Waals surface area (Å²) in [4.78, 5) is 25.9. The SMILES string of the molecule is N#CC1(NC(=O)O[C@H]2C[C@@H](S(=O)(=O)c3ccc(-n4cccn4)cc3Cl)CN2C(=O)C2(C(F)(F)F)CC2)CC1. The van der Waals surface area contributed by atoms with E-state index in [-0.39, 0.29) is 9.92 Å². The molecule has 2 atom stereocenters. The number of sulfone groups is 1. The lowest BCUT2D eigenvalue weighted by atomic mass is 10.1. The first-order chi connectivity index (χ1) is 17.8. The molecule has 15 heteroatoms. The Morgan fingerprint density at radius 2 is 1.95 bits per heavy atom. The van der Waals surface area contributed by atoms with Crippen LogP contribution in [0.4, 0.5) is 18.0 Å². The highest BCUT2D eigenvalue weighted by atomic mass is 35.5. The molecule has 1 aliphatic heterocycles. The molecule has 38 heavy (non-hydrogen) atoms. The van der Waals surface area contributed by atoms with E-state index in [2.05, 4.69) is 10.4 Å². The fourth-order valence-electron chi connectivity index (χ4n) is 4.53. The van der Waals surface area contributed by atoms with Crippen LogP contribution in [0.25, 0.3) is 5.69 Å². The number of hydrogen-bond donors (Lipinski definition) is 1. The monoisotopic (exact) mass is 571 g/mol. The van der Waals surface area contributed by atoms with Crippen molar-refractivity contribution < 1.29 is 35.9 Å². The molecule has 2 amide bonds. The number of ether oxygens (including phenoxy) is 1. The number of benzene rings is 1. The maximum atomic E-state index is 13.7. The third-order valence-electron chi connectivity index (χ3n) is 7.15. The molecule has 0 bridgehead atoms. The molecule has 0 radical (unpaired) electrons. The van der Waals surface area contributed by atoms with Crippen molar-refractivity contribution in [3.05, 3.63) is 41.7 Å². The van der Waals surface area contributed by atoms with E-state index in [0.29, 0.717) is 23.4 Å². The van der Waals surface area contributed by atoms with Crippen LogP contribution in [0.3, 0.4) is 0 Å². The van der Waals surface area contributed by atoms with E-state index in [1.807, 2.05) is 6.07 Å². The summed E-state index contributed by atoms with van der Waals surface area (Å²) < 4.78 is 74.9. The molecule has 2 saturated carbocycles. The van der Waals surface area contributed by atoms with E-state index in [9.17, 15) is 36.4 Å². The van der Waals surface area contributed by atoms with Crippen LogP contribution in [0.1, 0.15) is 32.1 Å². The average Bonchev–Trinajstić information content (AvgIpc) is 3.71. The number of likely N-dealkylation sites (tertiary alicyclic amines) is 1. The van der Waals surface area contributed by atoms with Gasteiger partial charge in [0, 0.05) is 25.4 Å². The number of rotatable bonds is 6. The minimum atomic E-state index is -4.85. The van der Waals surface area contributed by atoms with E-state index in [1.165, 1.54) is 29.1 Å². The van der Waals surface area contributed by atoms with Gasteiger partial charge < -0.3 is 15.0 Å². The Morgan fingerprint density at radius 1 is 1.24 bits per heavy atom. The van der Waals surface area contributed by atoms with Gasteiger partial charge >= 0.3 is 12.3 Å². The highest BCUT2D eigenvalue weighted by molar-refractivity contribution is 7.92. The van der Waals surface area contributed by atoms with Gasteiger partial charge in [0.1, 0.15) is 11.0 Å². The number of carbonyl (C=O) groups is 2. The summed E-state index contributed by atoms with van der Waals surface area (Å²) in [5, 5.41) is 14.0. The number of halogens is 4. The lowest BCUT2D eigenvalue weighted by molar-refractivity contribution is -0.201. The number of nitrogens with one attached hydrogen (secondary N) is 1. The number of carbonyl (C=O) groups excluding carboxylic acids is 2. The third-order valence-corrected chi connectivity index (χ3v) is 9.77. The second-order valence-corrected chi connectivity index (χ2v) is 12.3. The van der Waals surface area contributed by atoms with Crippen molar-refractivity contribution in [2.24, 2.45) is 5.41 Å². The highest BCUT2D eigenvalue weighted by Gasteiger charge is 2.70. The first-order valence-corrected chi connectivity index (χ1v) is 13.6. The van der Waals surface area contributed by atoms with Crippen molar-refractivity contribution in [1.82, 2.24) is 20.0 Å². The molecule has 1 saturated heterocycles. The average molecular weight is 572 g/mol. The van der Waals surface area contributed by atoms with Crippen LogP contribution in [0.15, 0.2) is 41.6 Å². The molecule has 2 aromatic rings. The number of amides is 2. The first-order valence-electron chi connectivity index (χ1n) is 11.6. The zero-order valence-corrected chi connectivity index (χ0v) is 21.2. The van der Waals surface area contributed by atoms with E-state index >= 15 is 0 Å². The van der Waals surface area contributed by atoms with Crippen molar-refractivity contribution >= 4 is 33.4 Å². The van der Waals surface area contributed by atoms with Crippen molar-refractivity contribution in [2.45, 2.75) is 60.2 Å². The predicted octanol–water partition coefficient (Wildman–Crippen LogP) is 3.35. The van der Waals surface area contributed by atoms with Crippen LogP contribution < -0.4 is 5.32 Å². The number of nitrogens with zero attached hydrogens (tertiary/aromatic N) is 4. The fourth-order valence-corrected chi connectivity index (χ4v) is 6.75. The zero-order chi connectivity index (χ0) is 27.5. The molecule has 1 aromatic heterocycles. The topological polar surface area (TPSA) is 134 Å². The van der Waals surface area contributed by atoms with Gasteiger partial charge in [-0.3, -0.25) is 4.79 Å². The minimum Gasteiger partial charge on any atom is -0.425 e. The Labute approximate surface area is 220 Å². The fraction of sp³-hybridized carbons (Fsp3) is 0.478. The number of hydrogen-bond acceptors (Lipinski definition) is 7. The van der Waals surface area contributed by atoms with Gasteiger partial charge in [-0.25, -0.2) is 17.9 Å². The molecular formula is C23H21ClF3N5O5S. The lowest BCUT2D eigenvalue weighted by Crippen LogP contribution is -2.49. The Morgan fingerprint density at radius 3 is 2.47 bits per heavy atom. The lowest BCUT2D eigenvalue weighted by Gasteiger charge is -2.29. The number of aromatic nitrogens is 2. The Balaban J connectivity index is 1.42. The maximum absolute atomic E-state index is 13.7. The molecule has 1 aromatic carbocycles. The largest absolute Gasteiger partial charge is 0.425 e. The molecule has 10 nitrogen and oxygen atoms in total. The Hall–Kier alpha value is -3.31. The number of alkyl carbamates (subject to hydrolysis) is 1. The van der Waals surface area contributed by atoms with Gasteiger partial charge in [0.2, 0.25) is 5.91 Å². The van der Waals surface area contributed by atoms with Gasteiger partial charge in [-0.15, -0.1) is 0 Å². The summed E-state index contributed by atoms with van der Waals surface area (Å²) in [6, 6.07) is 7.67.